The van der Waals surface area contributed by atoms with Gasteiger partial charge in [0.05, 0.1) is 41.8 Å². The molecule has 10 heteroatoms. The molecule has 2 aliphatic rings. The number of nitrogens with one attached hydrogen (secondary N) is 1. The highest BCUT2D eigenvalue weighted by molar-refractivity contribution is 5.64. The molecule has 2 atom stereocenters. The molecule has 1 saturated heterocycles. The highest BCUT2D eigenvalue weighted by Gasteiger charge is 2.52. The summed E-state index contributed by atoms with van der Waals surface area (Å²) in [7, 11) is 0. The highest BCUT2D eigenvalue weighted by Crippen LogP contribution is 2.52. The number of nitrogens with zero attached hydrogens (tertiary/aromatic N) is 4. The summed E-state index contributed by atoms with van der Waals surface area (Å²) in [5, 5.41) is 17.5. The Balaban J connectivity index is 1.47. The van der Waals surface area contributed by atoms with Crippen molar-refractivity contribution in [3.63, 3.8) is 0 Å². The number of aromatic nitrogens is 4. The minimum Gasteiger partial charge on any atom is -0.389 e. The van der Waals surface area contributed by atoms with E-state index in [4.69, 9.17) is 4.74 Å². The highest BCUT2D eigenvalue weighted by atomic mass is 19.3. The van der Waals surface area contributed by atoms with E-state index in [9.17, 15) is 18.3 Å². The molecule has 2 N–H and O–H groups in total. The number of aliphatic hydroxyl groups is 1. The molecule has 0 radical (unpaired) electrons. The first-order valence-corrected chi connectivity index (χ1v) is 9.80. The van der Waals surface area contributed by atoms with Gasteiger partial charge in [0.1, 0.15) is 5.52 Å². The van der Waals surface area contributed by atoms with Gasteiger partial charge in [0, 0.05) is 18.9 Å². The lowest BCUT2D eigenvalue weighted by atomic mass is 9.98. The van der Waals surface area contributed by atoms with E-state index >= 15 is 0 Å². The number of halogens is 3. The number of pyridine rings is 1. The van der Waals surface area contributed by atoms with Gasteiger partial charge in [-0.1, -0.05) is 6.07 Å². The van der Waals surface area contributed by atoms with E-state index in [0.29, 0.717) is 42.8 Å². The van der Waals surface area contributed by atoms with E-state index in [1.165, 1.54) is 23.0 Å². The summed E-state index contributed by atoms with van der Waals surface area (Å²) < 4.78 is 47.7. The molecule has 1 aliphatic carbocycles. The zero-order valence-corrected chi connectivity index (χ0v) is 15.9. The first kappa shape index (κ1) is 19.3. The Morgan fingerprint density at radius 1 is 1.23 bits per heavy atom. The zero-order chi connectivity index (χ0) is 20.9. The predicted octanol–water partition coefficient (Wildman–Crippen LogP) is 2.79. The minimum atomic E-state index is -2.43. The Labute approximate surface area is 169 Å². The molecule has 0 aromatic carbocycles. The van der Waals surface area contributed by atoms with Crippen molar-refractivity contribution >= 4 is 11.5 Å². The third-order valence-electron chi connectivity index (χ3n) is 5.92. The van der Waals surface area contributed by atoms with Crippen molar-refractivity contribution < 1.29 is 23.0 Å². The molecule has 0 bridgehead atoms. The van der Waals surface area contributed by atoms with Crippen LogP contribution in [-0.2, 0) is 10.2 Å². The quantitative estimate of drug-likeness (QED) is 0.662. The molecule has 30 heavy (non-hydrogen) atoms. The van der Waals surface area contributed by atoms with Gasteiger partial charge >= 0.3 is 0 Å². The summed E-state index contributed by atoms with van der Waals surface area (Å²) in [6, 6.07) is 4.24. The number of rotatable bonds is 5. The van der Waals surface area contributed by atoms with Crippen LogP contribution in [0.15, 0.2) is 30.6 Å². The average molecular weight is 419 g/mol. The molecule has 0 spiro atoms. The van der Waals surface area contributed by atoms with Crippen LogP contribution in [-0.4, -0.2) is 56.5 Å². The second-order valence-electron chi connectivity index (χ2n) is 7.83. The third-order valence-corrected chi connectivity index (χ3v) is 5.92. The van der Waals surface area contributed by atoms with Crippen LogP contribution in [0, 0.1) is 5.82 Å². The second-order valence-corrected chi connectivity index (χ2v) is 7.83. The molecule has 2 unspecified atom stereocenters. The summed E-state index contributed by atoms with van der Waals surface area (Å²) >= 11 is 0. The Bertz CT molecular complexity index is 1070. The summed E-state index contributed by atoms with van der Waals surface area (Å²) in [5.74, 6) is -0.281. The van der Waals surface area contributed by atoms with Gasteiger partial charge in [-0.25, -0.2) is 22.7 Å². The Morgan fingerprint density at radius 2 is 2.07 bits per heavy atom. The van der Waals surface area contributed by atoms with E-state index < -0.39 is 23.8 Å². The van der Waals surface area contributed by atoms with Gasteiger partial charge in [-0.05, 0) is 30.9 Å². The standard InChI is InChI=1S/C20H20F3N5O2/c21-12-7-15(13-2-1-11(8-24-13)20(4-5-20)18(22)23)28-16(12)9-25-19(27-28)26-14-3-6-30-10-17(14)29/h1-2,7-9,14,17-18,29H,3-6,10H2,(H,26,27). The maximum Gasteiger partial charge on any atom is 0.248 e. The first-order valence-electron chi connectivity index (χ1n) is 9.80. The van der Waals surface area contributed by atoms with Crippen LogP contribution in [0.25, 0.3) is 16.9 Å². The van der Waals surface area contributed by atoms with Crippen molar-refractivity contribution in [2.24, 2.45) is 0 Å². The van der Waals surface area contributed by atoms with Crippen LogP contribution >= 0.6 is 0 Å². The topological polar surface area (TPSA) is 84.6 Å². The zero-order valence-electron chi connectivity index (χ0n) is 15.9. The van der Waals surface area contributed by atoms with Gasteiger partial charge in [0.2, 0.25) is 12.4 Å². The molecule has 4 heterocycles. The normalized spacial score (nSPS) is 23.1. The summed E-state index contributed by atoms with van der Waals surface area (Å²) in [6.07, 6.45) is 1.12. The van der Waals surface area contributed by atoms with Gasteiger partial charge in [0.25, 0.3) is 0 Å². The molecular weight excluding hydrogens is 399 g/mol. The lowest BCUT2D eigenvalue weighted by Gasteiger charge is -2.28. The maximum atomic E-state index is 14.4. The van der Waals surface area contributed by atoms with Crippen LogP contribution < -0.4 is 5.32 Å². The van der Waals surface area contributed by atoms with E-state index in [-0.39, 0.29) is 24.1 Å². The fraction of sp³-hybridized carbons (Fsp3) is 0.450. The fourth-order valence-corrected chi connectivity index (χ4v) is 3.87. The third kappa shape index (κ3) is 3.20. The van der Waals surface area contributed by atoms with Crippen molar-refractivity contribution in [1.82, 2.24) is 19.6 Å². The number of aliphatic hydroxyl groups excluding tert-OH is 1. The summed E-state index contributed by atoms with van der Waals surface area (Å²) in [4.78, 5) is 8.44. The molecule has 1 aliphatic heterocycles. The largest absolute Gasteiger partial charge is 0.389 e. The Hall–Kier alpha value is -2.72. The molecular formula is C20H20F3N5O2. The SMILES string of the molecule is OC1COCCC1Nc1ncc2c(F)cc(-c3ccc(C4(C(F)F)CC4)cn3)n2n1. The molecule has 3 aromatic rings. The van der Waals surface area contributed by atoms with Gasteiger partial charge in [0.15, 0.2) is 5.82 Å². The van der Waals surface area contributed by atoms with E-state index in [0.717, 1.165) is 0 Å². The molecule has 1 saturated carbocycles. The predicted molar refractivity (Wildman–Crippen MR) is 102 cm³/mol. The van der Waals surface area contributed by atoms with Crippen molar-refractivity contribution in [3.05, 3.63) is 42.0 Å². The molecule has 7 nitrogen and oxygen atoms in total. The van der Waals surface area contributed by atoms with Crippen LogP contribution in [0.3, 0.4) is 0 Å². The van der Waals surface area contributed by atoms with Gasteiger partial charge < -0.3 is 15.2 Å². The Morgan fingerprint density at radius 3 is 2.73 bits per heavy atom. The molecule has 3 aromatic heterocycles. The summed E-state index contributed by atoms with van der Waals surface area (Å²) in [5.41, 5.74) is 0.364. The van der Waals surface area contributed by atoms with E-state index in [2.05, 4.69) is 20.4 Å². The van der Waals surface area contributed by atoms with Crippen LogP contribution in [0.5, 0.6) is 0 Å². The monoisotopic (exact) mass is 419 g/mol. The van der Waals surface area contributed by atoms with Gasteiger partial charge in [-0.2, -0.15) is 0 Å². The summed E-state index contributed by atoms with van der Waals surface area (Å²) in [6.45, 7) is 0.733. The van der Waals surface area contributed by atoms with Gasteiger partial charge in [-0.15, -0.1) is 5.10 Å². The minimum absolute atomic E-state index is 0.167. The number of anilines is 1. The smallest absolute Gasteiger partial charge is 0.248 e. The van der Waals surface area contributed by atoms with E-state index in [1.807, 2.05) is 0 Å². The van der Waals surface area contributed by atoms with Crippen molar-refractivity contribution in [1.29, 1.82) is 0 Å². The fourth-order valence-electron chi connectivity index (χ4n) is 3.87. The van der Waals surface area contributed by atoms with Crippen LogP contribution in [0.2, 0.25) is 0 Å². The molecule has 158 valence electrons. The lowest BCUT2D eigenvalue weighted by molar-refractivity contribution is -0.0136. The number of hydrogen-bond acceptors (Lipinski definition) is 6. The number of fused-ring (bicyclic) bond motifs is 1. The molecule has 0 amide bonds. The number of ether oxygens (including phenoxy) is 1. The van der Waals surface area contributed by atoms with E-state index in [1.54, 1.807) is 12.1 Å². The maximum absolute atomic E-state index is 14.4. The lowest BCUT2D eigenvalue weighted by Crippen LogP contribution is -2.42. The van der Waals surface area contributed by atoms with Crippen LogP contribution in [0.4, 0.5) is 19.1 Å². The average Bonchev–Trinajstić information content (AvgIpc) is 3.50. The molecule has 5 rings (SSSR count). The number of hydrogen-bond donors (Lipinski definition) is 2. The van der Waals surface area contributed by atoms with Crippen molar-refractivity contribution in [2.75, 3.05) is 18.5 Å². The Kier molecular flexibility index (Phi) is 4.62. The van der Waals surface area contributed by atoms with Gasteiger partial charge in [-0.3, -0.25) is 4.98 Å². The molecule has 2 fully saturated rings. The van der Waals surface area contributed by atoms with Crippen LogP contribution in [0.1, 0.15) is 24.8 Å². The first-order chi connectivity index (χ1) is 14.5. The van der Waals surface area contributed by atoms with Crippen molar-refractivity contribution in [3.8, 4) is 11.4 Å². The van der Waals surface area contributed by atoms with Crippen molar-refractivity contribution in [2.45, 2.75) is 43.2 Å². The second kappa shape index (κ2) is 7.21. The number of alkyl halides is 2.